The Hall–Kier alpha value is -2.12. The first-order chi connectivity index (χ1) is 15.3. The molecule has 8 nitrogen and oxygen atoms in total. The van der Waals surface area contributed by atoms with Gasteiger partial charge in [-0.25, -0.2) is 0 Å². The van der Waals surface area contributed by atoms with Crippen molar-refractivity contribution >= 4 is 23.7 Å². The number of likely N-dealkylation sites (tertiary alicyclic amines) is 1. The number of piperidine rings is 1. The smallest absolute Gasteiger partial charge is 0.310 e. The van der Waals surface area contributed by atoms with E-state index in [4.69, 9.17) is 4.74 Å². The molecule has 1 aliphatic heterocycles. The van der Waals surface area contributed by atoms with Crippen LogP contribution in [0.2, 0.25) is 0 Å². The maximum Gasteiger partial charge on any atom is 0.310 e. The molecule has 1 atom stereocenters. The summed E-state index contributed by atoms with van der Waals surface area (Å²) in [5.41, 5.74) is -0.278. The molecule has 0 spiro atoms. The predicted molar refractivity (Wildman–Crippen MR) is 117 cm³/mol. The molecule has 32 heavy (non-hydrogen) atoms. The molecule has 0 aromatic rings. The van der Waals surface area contributed by atoms with Crippen molar-refractivity contribution in [1.82, 2.24) is 15.1 Å². The van der Waals surface area contributed by atoms with E-state index in [9.17, 15) is 19.2 Å². The zero-order chi connectivity index (χ0) is 22.9. The third kappa shape index (κ3) is 4.79. The number of likely N-dealkylation sites (N-methyl/N-ethyl adjacent to an activating group) is 1. The second-order valence-corrected chi connectivity index (χ2v) is 10.6. The number of rotatable bonds is 7. The van der Waals surface area contributed by atoms with Crippen LogP contribution in [0.3, 0.4) is 0 Å². The molecule has 1 N–H and O–H groups in total. The predicted octanol–water partition coefficient (Wildman–Crippen LogP) is 1.58. The summed E-state index contributed by atoms with van der Waals surface area (Å²) >= 11 is 0. The van der Waals surface area contributed by atoms with E-state index in [1.807, 2.05) is 0 Å². The van der Waals surface area contributed by atoms with Gasteiger partial charge in [0, 0.05) is 25.6 Å². The number of esters is 1. The quantitative estimate of drug-likeness (QED) is 0.598. The van der Waals surface area contributed by atoms with Gasteiger partial charge in [0.25, 0.3) is 0 Å². The van der Waals surface area contributed by atoms with Crippen molar-refractivity contribution in [3.8, 4) is 0 Å². The molecule has 1 saturated heterocycles. The van der Waals surface area contributed by atoms with Crippen LogP contribution in [0.5, 0.6) is 0 Å². The number of ether oxygens (including phenoxy) is 1. The summed E-state index contributed by atoms with van der Waals surface area (Å²) in [7, 11) is 1.59. The largest absolute Gasteiger partial charge is 0.466 e. The first kappa shape index (κ1) is 23.1. The van der Waals surface area contributed by atoms with E-state index in [0.717, 1.165) is 25.7 Å². The fourth-order valence-corrected chi connectivity index (χ4v) is 6.91. The monoisotopic (exact) mass is 447 g/mol. The Morgan fingerprint density at radius 1 is 1.06 bits per heavy atom. The minimum Gasteiger partial charge on any atom is -0.466 e. The van der Waals surface area contributed by atoms with Crippen molar-refractivity contribution < 1.29 is 23.9 Å². The number of carbonyl (C=O) groups is 4. The molecule has 178 valence electrons. The van der Waals surface area contributed by atoms with Crippen LogP contribution in [0, 0.1) is 29.1 Å². The molecule has 1 unspecified atom stereocenters. The van der Waals surface area contributed by atoms with Gasteiger partial charge in [-0.15, -0.1) is 0 Å². The number of hydrogen-bond acceptors (Lipinski definition) is 5. The lowest BCUT2D eigenvalue weighted by Crippen LogP contribution is -2.55. The summed E-state index contributed by atoms with van der Waals surface area (Å²) in [6.45, 7) is 2.89. The van der Waals surface area contributed by atoms with Crippen molar-refractivity contribution in [2.75, 3.05) is 39.8 Å². The molecule has 0 aromatic carbocycles. The van der Waals surface area contributed by atoms with Crippen LogP contribution in [0.25, 0.3) is 0 Å². The summed E-state index contributed by atoms with van der Waals surface area (Å²) in [6, 6.07) is 0. The van der Waals surface area contributed by atoms with Crippen LogP contribution in [-0.4, -0.2) is 73.3 Å². The second kappa shape index (κ2) is 9.40. The average Bonchev–Trinajstić information content (AvgIpc) is 2.76. The minimum atomic E-state index is -0.298. The molecule has 0 radical (unpaired) electrons. The third-order valence-electron chi connectivity index (χ3n) is 8.11. The van der Waals surface area contributed by atoms with Crippen LogP contribution >= 0.6 is 0 Å². The van der Waals surface area contributed by atoms with Gasteiger partial charge in [0.05, 0.1) is 25.6 Å². The van der Waals surface area contributed by atoms with Crippen LogP contribution in [0.15, 0.2) is 0 Å². The zero-order valence-electron chi connectivity index (χ0n) is 19.4. The highest BCUT2D eigenvalue weighted by Crippen LogP contribution is 2.60. The molecule has 4 aliphatic carbocycles. The van der Waals surface area contributed by atoms with Crippen molar-refractivity contribution in [3.63, 3.8) is 0 Å². The first-order valence-electron chi connectivity index (χ1n) is 12.3. The van der Waals surface area contributed by atoms with Crippen molar-refractivity contribution in [2.24, 2.45) is 29.1 Å². The summed E-state index contributed by atoms with van der Waals surface area (Å²) in [5, 5.41) is 2.89. The maximum absolute atomic E-state index is 13.0. The van der Waals surface area contributed by atoms with E-state index in [1.54, 1.807) is 18.9 Å². The number of nitrogens with one attached hydrogen (secondary N) is 1. The van der Waals surface area contributed by atoms with Gasteiger partial charge in [-0.2, -0.15) is 0 Å². The van der Waals surface area contributed by atoms with Gasteiger partial charge < -0.3 is 19.9 Å². The van der Waals surface area contributed by atoms with Crippen LogP contribution in [-0.2, 0) is 23.9 Å². The number of nitrogens with zero attached hydrogens (tertiary/aromatic N) is 2. The van der Waals surface area contributed by atoms with Gasteiger partial charge in [0.2, 0.25) is 17.7 Å². The number of hydrogen-bond donors (Lipinski definition) is 1. The molecule has 5 rings (SSSR count). The van der Waals surface area contributed by atoms with Crippen LogP contribution < -0.4 is 5.32 Å². The molecule has 0 aromatic heterocycles. The molecule has 5 fully saturated rings. The average molecular weight is 448 g/mol. The fourth-order valence-electron chi connectivity index (χ4n) is 6.91. The minimum absolute atomic E-state index is 0.0259. The Bertz CT molecular complexity index is 731. The lowest BCUT2D eigenvalue weighted by Gasteiger charge is -2.55. The second-order valence-electron chi connectivity index (χ2n) is 10.6. The Labute approximate surface area is 190 Å². The van der Waals surface area contributed by atoms with E-state index in [2.05, 4.69) is 5.32 Å². The summed E-state index contributed by atoms with van der Waals surface area (Å²) in [4.78, 5) is 53.4. The number of carbonyl (C=O) groups excluding carboxylic acids is 4. The van der Waals surface area contributed by atoms with E-state index < -0.39 is 0 Å². The van der Waals surface area contributed by atoms with Gasteiger partial charge in [-0.1, -0.05) is 0 Å². The Balaban J connectivity index is 1.24. The molecular formula is C24H37N3O5. The number of amides is 3. The van der Waals surface area contributed by atoms with Gasteiger partial charge in [-0.3, -0.25) is 19.2 Å². The topological polar surface area (TPSA) is 96.0 Å². The summed E-state index contributed by atoms with van der Waals surface area (Å²) in [5.74, 6) is 1.04. The maximum atomic E-state index is 13.0. The Kier molecular flexibility index (Phi) is 6.77. The molecule has 3 amide bonds. The first-order valence-corrected chi connectivity index (χ1v) is 12.3. The van der Waals surface area contributed by atoms with Gasteiger partial charge in [0.1, 0.15) is 0 Å². The Morgan fingerprint density at radius 3 is 2.28 bits per heavy atom. The SMILES string of the molecule is CCOC(=O)C1CCCN(C(=O)CN(C)C(=O)CNC(=O)C23CC4CC(CC(C4)C2)C3)C1. The van der Waals surface area contributed by atoms with Crippen molar-refractivity contribution in [1.29, 1.82) is 0 Å². The lowest BCUT2D eigenvalue weighted by molar-refractivity contribution is -0.152. The molecule has 4 bridgehead atoms. The Morgan fingerprint density at radius 2 is 1.69 bits per heavy atom. The molecule has 4 saturated carbocycles. The van der Waals surface area contributed by atoms with E-state index >= 15 is 0 Å². The standard InChI is InChI=1S/C24H37N3O5/c1-3-32-22(30)19-5-4-6-27(14-19)21(29)15-26(2)20(28)13-25-23(31)24-10-16-7-17(11-24)9-18(8-16)12-24/h16-19H,3-15H2,1-2H3,(H,25,31). The zero-order valence-corrected chi connectivity index (χ0v) is 19.4. The highest BCUT2D eigenvalue weighted by molar-refractivity contribution is 5.90. The lowest BCUT2D eigenvalue weighted by atomic mass is 9.49. The molecule has 5 aliphatic rings. The van der Waals surface area contributed by atoms with Crippen LogP contribution in [0.4, 0.5) is 0 Å². The van der Waals surface area contributed by atoms with Crippen LogP contribution in [0.1, 0.15) is 58.3 Å². The van der Waals surface area contributed by atoms with Gasteiger partial charge in [-0.05, 0) is 76.0 Å². The normalized spacial score (nSPS) is 33.0. The van der Waals surface area contributed by atoms with E-state index in [0.29, 0.717) is 43.9 Å². The molecule has 8 heteroatoms. The summed E-state index contributed by atoms with van der Waals surface area (Å²) in [6.07, 6.45) is 8.15. The van der Waals surface area contributed by atoms with Gasteiger partial charge in [0.15, 0.2) is 0 Å². The molecular weight excluding hydrogens is 410 g/mol. The van der Waals surface area contributed by atoms with E-state index in [1.165, 1.54) is 24.2 Å². The molecule has 1 heterocycles. The highest BCUT2D eigenvalue weighted by Gasteiger charge is 2.54. The highest BCUT2D eigenvalue weighted by atomic mass is 16.5. The van der Waals surface area contributed by atoms with Gasteiger partial charge >= 0.3 is 5.97 Å². The van der Waals surface area contributed by atoms with E-state index in [-0.39, 0.29) is 48.1 Å². The third-order valence-corrected chi connectivity index (χ3v) is 8.11. The fraction of sp³-hybridized carbons (Fsp3) is 0.833. The summed E-state index contributed by atoms with van der Waals surface area (Å²) < 4.78 is 5.09. The van der Waals surface area contributed by atoms with Crippen molar-refractivity contribution in [2.45, 2.75) is 58.3 Å². The van der Waals surface area contributed by atoms with Crippen molar-refractivity contribution in [3.05, 3.63) is 0 Å².